The van der Waals surface area contributed by atoms with Crippen LogP contribution >= 0.6 is 0 Å². The van der Waals surface area contributed by atoms with Crippen LogP contribution in [0.25, 0.3) is 0 Å². The molecule has 1 aliphatic rings. The van der Waals surface area contributed by atoms with Crippen LogP contribution < -0.4 is 11.2 Å². The zero-order chi connectivity index (χ0) is 10.1. The molecule has 1 aliphatic heterocycles. The summed E-state index contributed by atoms with van der Waals surface area (Å²) in [5.74, 6) is -0.798. The Morgan fingerprint density at radius 3 is 2.92 bits per heavy atom. The van der Waals surface area contributed by atoms with Gasteiger partial charge in [0.15, 0.2) is 5.78 Å². The molecule has 5 nitrogen and oxygen atoms in total. The molecule has 73 valence electrons. The second-order valence-electron chi connectivity index (χ2n) is 3.48. The number of nitrogens with two attached hydrogens (primary N) is 1. The summed E-state index contributed by atoms with van der Waals surface area (Å²) in [7, 11) is 1.80. The number of hydrogen-bond acceptors (Lipinski definition) is 4. The second-order valence-corrected chi connectivity index (χ2v) is 3.48. The Morgan fingerprint density at radius 1 is 1.77 bits per heavy atom. The molecule has 0 spiro atoms. The standard InChI is InChI=1S/C8H14N3O2/c1-8(7(9)13)5-10-11(2)4-3-6(8)12/h3,10H,4-5H2,1-2H3,(H2,9,13). The van der Waals surface area contributed by atoms with E-state index in [2.05, 4.69) is 5.43 Å². The van der Waals surface area contributed by atoms with E-state index in [0.717, 1.165) is 0 Å². The minimum atomic E-state index is -1.11. The maximum Gasteiger partial charge on any atom is 0.232 e. The molecule has 1 fully saturated rings. The lowest BCUT2D eigenvalue weighted by Gasteiger charge is -2.22. The van der Waals surface area contributed by atoms with E-state index in [1.54, 1.807) is 19.0 Å². The first kappa shape index (κ1) is 10.1. The SMILES string of the molecule is CN1C[CH]C(=O)C(C)(C(N)=O)CN1. The number of hydrazine groups is 1. The molecule has 0 bridgehead atoms. The van der Waals surface area contributed by atoms with Crippen molar-refractivity contribution < 1.29 is 9.59 Å². The lowest BCUT2D eigenvalue weighted by molar-refractivity contribution is -0.136. The third kappa shape index (κ3) is 1.87. The molecular formula is C8H14N3O2. The van der Waals surface area contributed by atoms with Crippen molar-refractivity contribution in [2.24, 2.45) is 11.1 Å². The quantitative estimate of drug-likeness (QED) is 0.497. The van der Waals surface area contributed by atoms with Gasteiger partial charge in [0.05, 0.1) is 0 Å². The van der Waals surface area contributed by atoms with E-state index in [0.29, 0.717) is 6.54 Å². The normalized spacial score (nSPS) is 31.4. The van der Waals surface area contributed by atoms with Crippen molar-refractivity contribution in [2.75, 3.05) is 20.1 Å². The molecule has 1 atom stereocenters. The fourth-order valence-electron chi connectivity index (χ4n) is 1.10. The van der Waals surface area contributed by atoms with Crippen LogP contribution in [0.1, 0.15) is 6.92 Å². The van der Waals surface area contributed by atoms with Crippen LogP contribution in [0.2, 0.25) is 0 Å². The van der Waals surface area contributed by atoms with Gasteiger partial charge in [0, 0.05) is 26.6 Å². The number of carbonyl (C=O) groups excluding carboxylic acids is 2. The number of nitrogens with zero attached hydrogens (tertiary/aromatic N) is 1. The van der Waals surface area contributed by atoms with E-state index in [-0.39, 0.29) is 12.3 Å². The molecule has 1 unspecified atom stereocenters. The summed E-state index contributed by atoms with van der Waals surface area (Å²) in [5, 5.41) is 1.74. The molecule has 1 radical (unpaired) electrons. The molecular weight excluding hydrogens is 170 g/mol. The molecule has 0 aromatic carbocycles. The van der Waals surface area contributed by atoms with Crippen LogP contribution in [-0.4, -0.2) is 36.8 Å². The maximum absolute atomic E-state index is 11.5. The summed E-state index contributed by atoms with van der Waals surface area (Å²) < 4.78 is 0. The van der Waals surface area contributed by atoms with Crippen LogP contribution in [0.5, 0.6) is 0 Å². The molecule has 0 aromatic heterocycles. The number of nitrogens with one attached hydrogen (secondary N) is 1. The van der Waals surface area contributed by atoms with Gasteiger partial charge in [0.25, 0.3) is 0 Å². The fourth-order valence-corrected chi connectivity index (χ4v) is 1.10. The average Bonchev–Trinajstić information content (AvgIpc) is 2.19. The predicted octanol–water partition coefficient (Wildman–Crippen LogP) is -1.30. The van der Waals surface area contributed by atoms with Crippen molar-refractivity contribution in [1.29, 1.82) is 0 Å². The van der Waals surface area contributed by atoms with E-state index >= 15 is 0 Å². The van der Waals surface area contributed by atoms with Gasteiger partial charge in [-0.1, -0.05) is 0 Å². The van der Waals surface area contributed by atoms with Crippen LogP contribution in [0.3, 0.4) is 0 Å². The lowest BCUT2D eigenvalue weighted by Crippen LogP contribution is -2.48. The molecule has 1 saturated heterocycles. The van der Waals surface area contributed by atoms with Gasteiger partial charge in [-0.2, -0.15) is 0 Å². The third-order valence-electron chi connectivity index (χ3n) is 2.34. The van der Waals surface area contributed by atoms with Gasteiger partial charge < -0.3 is 5.73 Å². The number of rotatable bonds is 1. The van der Waals surface area contributed by atoms with Gasteiger partial charge in [-0.05, 0) is 6.92 Å². The number of Topliss-reactive ketones (excluding diaryl/α,β-unsaturated/α-hetero) is 1. The summed E-state index contributed by atoms with van der Waals surface area (Å²) in [6, 6.07) is 0. The van der Waals surface area contributed by atoms with Crippen molar-refractivity contribution in [3.05, 3.63) is 6.42 Å². The molecule has 0 aliphatic carbocycles. The highest BCUT2D eigenvalue weighted by Crippen LogP contribution is 2.19. The van der Waals surface area contributed by atoms with Crippen LogP contribution in [0, 0.1) is 11.8 Å². The average molecular weight is 184 g/mol. The number of primary amides is 1. The Kier molecular flexibility index (Phi) is 2.68. The van der Waals surface area contributed by atoms with Gasteiger partial charge in [0.1, 0.15) is 5.41 Å². The van der Waals surface area contributed by atoms with E-state index < -0.39 is 11.3 Å². The highest BCUT2D eigenvalue weighted by atomic mass is 16.2. The second kappa shape index (κ2) is 3.43. The van der Waals surface area contributed by atoms with Gasteiger partial charge in [0.2, 0.25) is 5.91 Å². The Bertz CT molecular complexity index is 242. The predicted molar refractivity (Wildman–Crippen MR) is 47.2 cm³/mol. The van der Waals surface area contributed by atoms with Gasteiger partial charge in [-0.3, -0.25) is 15.0 Å². The highest BCUT2D eigenvalue weighted by Gasteiger charge is 2.40. The van der Waals surface area contributed by atoms with E-state index in [1.807, 2.05) is 0 Å². The monoisotopic (exact) mass is 184 g/mol. The van der Waals surface area contributed by atoms with Crippen molar-refractivity contribution in [3.8, 4) is 0 Å². The first-order chi connectivity index (χ1) is 5.97. The Hall–Kier alpha value is -0.940. The molecule has 1 rings (SSSR count). The lowest BCUT2D eigenvalue weighted by atomic mass is 9.84. The number of amides is 1. The Balaban J connectivity index is 2.84. The molecule has 0 saturated carbocycles. The molecule has 1 amide bonds. The number of carbonyl (C=O) groups is 2. The summed E-state index contributed by atoms with van der Waals surface area (Å²) in [6.07, 6.45) is 1.48. The van der Waals surface area contributed by atoms with Crippen LogP contribution in [-0.2, 0) is 9.59 Å². The summed E-state index contributed by atoms with van der Waals surface area (Å²) in [5.41, 5.74) is 6.99. The summed E-state index contributed by atoms with van der Waals surface area (Å²) in [4.78, 5) is 22.6. The molecule has 5 heteroatoms. The van der Waals surface area contributed by atoms with E-state index in [1.165, 1.54) is 6.42 Å². The number of ketones is 1. The fraction of sp³-hybridized carbons (Fsp3) is 0.625. The minimum absolute atomic E-state index is 0.211. The first-order valence-corrected chi connectivity index (χ1v) is 4.09. The van der Waals surface area contributed by atoms with Gasteiger partial charge >= 0.3 is 0 Å². The molecule has 1 heterocycles. The van der Waals surface area contributed by atoms with Crippen molar-refractivity contribution in [1.82, 2.24) is 10.4 Å². The highest BCUT2D eigenvalue weighted by molar-refractivity contribution is 6.09. The van der Waals surface area contributed by atoms with Gasteiger partial charge in [-0.25, -0.2) is 5.01 Å². The van der Waals surface area contributed by atoms with Crippen LogP contribution in [0.4, 0.5) is 0 Å². The van der Waals surface area contributed by atoms with E-state index in [4.69, 9.17) is 5.73 Å². The molecule has 13 heavy (non-hydrogen) atoms. The van der Waals surface area contributed by atoms with Crippen LogP contribution in [0.15, 0.2) is 0 Å². The van der Waals surface area contributed by atoms with E-state index in [9.17, 15) is 9.59 Å². The topological polar surface area (TPSA) is 75.4 Å². The smallest absolute Gasteiger partial charge is 0.232 e. The molecule has 0 aromatic rings. The number of hydrogen-bond donors (Lipinski definition) is 2. The third-order valence-corrected chi connectivity index (χ3v) is 2.34. The van der Waals surface area contributed by atoms with Crippen molar-refractivity contribution in [2.45, 2.75) is 6.92 Å². The Morgan fingerprint density at radius 2 is 2.38 bits per heavy atom. The zero-order valence-electron chi connectivity index (χ0n) is 7.83. The minimum Gasteiger partial charge on any atom is -0.369 e. The maximum atomic E-state index is 11.5. The van der Waals surface area contributed by atoms with Gasteiger partial charge in [-0.15, -0.1) is 0 Å². The van der Waals surface area contributed by atoms with Crippen molar-refractivity contribution in [3.63, 3.8) is 0 Å². The largest absolute Gasteiger partial charge is 0.369 e. The summed E-state index contributed by atoms with van der Waals surface area (Å²) in [6.45, 7) is 2.30. The summed E-state index contributed by atoms with van der Waals surface area (Å²) >= 11 is 0. The first-order valence-electron chi connectivity index (χ1n) is 4.09. The zero-order valence-corrected chi connectivity index (χ0v) is 7.83. The molecule has 3 N–H and O–H groups in total. The Labute approximate surface area is 77.2 Å². The van der Waals surface area contributed by atoms with Crippen molar-refractivity contribution >= 4 is 11.7 Å².